The topological polar surface area (TPSA) is 89.3 Å². The van der Waals surface area contributed by atoms with E-state index >= 15 is 0 Å². The van der Waals surface area contributed by atoms with E-state index in [1.54, 1.807) is 6.07 Å². The third-order valence-electron chi connectivity index (χ3n) is 3.58. The number of hydrazine groups is 1. The molecule has 110 valence electrons. The van der Waals surface area contributed by atoms with Crippen molar-refractivity contribution in [2.45, 2.75) is 19.8 Å². The number of hydrogen-bond donors (Lipinski definition) is 3. The number of pyridine rings is 1. The van der Waals surface area contributed by atoms with Crippen molar-refractivity contribution in [1.82, 2.24) is 10.3 Å². The van der Waals surface area contributed by atoms with Gasteiger partial charge in [-0.2, -0.15) is 0 Å². The van der Waals surface area contributed by atoms with E-state index in [1.165, 1.54) is 6.07 Å². The first-order valence-electron chi connectivity index (χ1n) is 6.53. The minimum absolute atomic E-state index is 0.0830. The predicted octanol–water partition coefficient (Wildman–Crippen LogP) is 1.57. The van der Waals surface area contributed by atoms with Gasteiger partial charge in [-0.25, -0.2) is 10.8 Å². The summed E-state index contributed by atoms with van der Waals surface area (Å²) >= 11 is 5.85. The fourth-order valence-corrected chi connectivity index (χ4v) is 2.35. The Kier molecular flexibility index (Phi) is 4.80. The third-order valence-corrected chi connectivity index (χ3v) is 3.77. The average Bonchev–Trinajstić information content (AvgIpc) is 2.45. The van der Waals surface area contributed by atoms with E-state index in [2.05, 4.69) is 22.7 Å². The molecule has 1 aromatic rings. The lowest BCUT2D eigenvalue weighted by Gasteiger charge is -2.33. The Labute approximate surface area is 123 Å². The molecule has 7 heteroatoms. The summed E-state index contributed by atoms with van der Waals surface area (Å²) in [5, 5.41) is 3.16. The van der Waals surface area contributed by atoms with Gasteiger partial charge in [0.1, 0.15) is 11.0 Å². The first-order valence-corrected chi connectivity index (χ1v) is 6.90. The van der Waals surface area contributed by atoms with Gasteiger partial charge in [-0.1, -0.05) is 18.5 Å². The molecule has 0 spiro atoms. The molecule has 20 heavy (non-hydrogen) atoms. The number of aromatic nitrogens is 1. The van der Waals surface area contributed by atoms with Gasteiger partial charge in [-0.05, 0) is 30.4 Å². The number of anilines is 1. The first-order chi connectivity index (χ1) is 9.52. The van der Waals surface area contributed by atoms with Crippen molar-refractivity contribution >= 4 is 23.3 Å². The first kappa shape index (κ1) is 15.0. The van der Waals surface area contributed by atoms with Crippen LogP contribution in [-0.4, -0.2) is 30.6 Å². The van der Waals surface area contributed by atoms with Gasteiger partial charge in [0.2, 0.25) is 0 Å². The van der Waals surface area contributed by atoms with E-state index in [-0.39, 0.29) is 16.5 Å². The van der Waals surface area contributed by atoms with Crippen LogP contribution in [0.3, 0.4) is 0 Å². The summed E-state index contributed by atoms with van der Waals surface area (Å²) in [5.41, 5.74) is 2.91. The molecule has 0 radical (unpaired) electrons. The van der Waals surface area contributed by atoms with Crippen molar-refractivity contribution < 1.29 is 9.53 Å². The molecule has 4 N–H and O–H groups in total. The molecule has 1 amide bonds. The van der Waals surface area contributed by atoms with Crippen LogP contribution >= 0.6 is 11.6 Å². The van der Waals surface area contributed by atoms with Gasteiger partial charge in [0.05, 0.1) is 0 Å². The zero-order valence-corrected chi connectivity index (χ0v) is 12.2. The van der Waals surface area contributed by atoms with E-state index in [9.17, 15) is 4.79 Å². The normalized spacial score (nSPS) is 17.6. The molecule has 1 fully saturated rings. The van der Waals surface area contributed by atoms with Crippen molar-refractivity contribution in [2.75, 3.05) is 25.2 Å². The van der Waals surface area contributed by atoms with Crippen LogP contribution in [0.25, 0.3) is 0 Å². The highest BCUT2D eigenvalue weighted by atomic mass is 35.5. The number of amides is 1. The van der Waals surface area contributed by atoms with Crippen molar-refractivity contribution in [2.24, 2.45) is 11.3 Å². The molecule has 2 heterocycles. The van der Waals surface area contributed by atoms with Crippen LogP contribution in [-0.2, 0) is 4.74 Å². The number of nitrogens with two attached hydrogens (primary N) is 1. The molecule has 6 nitrogen and oxygen atoms in total. The van der Waals surface area contributed by atoms with Crippen LogP contribution in [0, 0.1) is 5.41 Å². The fraction of sp³-hybridized carbons (Fsp3) is 0.538. The molecular formula is C13H19ClN4O2. The number of nitrogens with zero attached hydrogens (tertiary/aromatic N) is 1. The molecule has 0 atom stereocenters. The van der Waals surface area contributed by atoms with Crippen LogP contribution in [0.2, 0.25) is 5.15 Å². The van der Waals surface area contributed by atoms with Gasteiger partial charge in [-0.15, -0.1) is 0 Å². The highest BCUT2D eigenvalue weighted by molar-refractivity contribution is 6.29. The molecule has 0 bridgehead atoms. The molecule has 1 aromatic heterocycles. The SMILES string of the molecule is CC1(CNC(=O)c2cc(Cl)nc(NN)c2)CCOCC1. The summed E-state index contributed by atoms with van der Waals surface area (Å²) in [4.78, 5) is 16.1. The van der Waals surface area contributed by atoms with Crippen LogP contribution < -0.4 is 16.6 Å². The summed E-state index contributed by atoms with van der Waals surface area (Å²) < 4.78 is 5.34. The molecule has 2 rings (SSSR count). The molecular weight excluding hydrogens is 280 g/mol. The minimum atomic E-state index is -0.182. The molecule has 0 saturated carbocycles. The Morgan fingerprint density at radius 1 is 1.50 bits per heavy atom. The molecule has 1 saturated heterocycles. The number of carbonyl (C=O) groups is 1. The van der Waals surface area contributed by atoms with E-state index < -0.39 is 0 Å². The quantitative estimate of drug-likeness (QED) is 0.446. The van der Waals surface area contributed by atoms with Crippen LogP contribution in [0.5, 0.6) is 0 Å². The number of hydrogen-bond acceptors (Lipinski definition) is 5. The highest BCUT2D eigenvalue weighted by Gasteiger charge is 2.27. The van der Waals surface area contributed by atoms with Gasteiger partial charge in [0.15, 0.2) is 0 Å². The van der Waals surface area contributed by atoms with Gasteiger partial charge < -0.3 is 15.5 Å². The zero-order chi connectivity index (χ0) is 14.6. The number of ether oxygens (including phenoxy) is 1. The molecule has 0 unspecified atom stereocenters. The molecule has 0 aromatic carbocycles. The maximum atomic E-state index is 12.2. The summed E-state index contributed by atoms with van der Waals surface area (Å²) in [6, 6.07) is 3.08. The lowest BCUT2D eigenvalue weighted by atomic mass is 9.82. The van der Waals surface area contributed by atoms with Crippen molar-refractivity contribution in [1.29, 1.82) is 0 Å². The second-order valence-corrected chi connectivity index (χ2v) is 5.70. The second kappa shape index (κ2) is 6.39. The lowest BCUT2D eigenvalue weighted by molar-refractivity contribution is 0.0238. The largest absolute Gasteiger partial charge is 0.381 e. The minimum Gasteiger partial charge on any atom is -0.381 e. The van der Waals surface area contributed by atoms with Gasteiger partial charge in [-0.3, -0.25) is 4.79 Å². The van der Waals surface area contributed by atoms with Crippen molar-refractivity contribution in [3.63, 3.8) is 0 Å². The Bertz CT molecular complexity index is 489. The fourth-order valence-electron chi connectivity index (χ4n) is 2.14. The zero-order valence-electron chi connectivity index (χ0n) is 11.4. The van der Waals surface area contributed by atoms with Gasteiger partial charge >= 0.3 is 0 Å². The number of nitrogens with one attached hydrogen (secondary N) is 2. The molecule has 0 aliphatic carbocycles. The van der Waals surface area contributed by atoms with Crippen molar-refractivity contribution in [3.8, 4) is 0 Å². The van der Waals surface area contributed by atoms with Crippen molar-refractivity contribution in [3.05, 3.63) is 22.8 Å². The maximum Gasteiger partial charge on any atom is 0.251 e. The van der Waals surface area contributed by atoms with E-state index in [0.717, 1.165) is 26.1 Å². The third kappa shape index (κ3) is 3.82. The number of nitrogen functional groups attached to an aromatic ring is 1. The average molecular weight is 299 g/mol. The van der Waals surface area contributed by atoms with Gasteiger partial charge in [0.25, 0.3) is 5.91 Å². The van der Waals surface area contributed by atoms with Crippen LogP contribution in [0.1, 0.15) is 30.1 Å². The second-order valence-electron chi connectivity index (χ2n) is 5.31. The number of carbonyl (C=O) groups excluding carboxylic acids is 1. The number of rotatable bonds is 4. The van der Waals surface area contributed by atoms with Gasteiger partial charge in [0, 0.05) is 25.3 Å². The summed E-state index contributed by atoms with van der Waals surface area (Å²) in [7, 11) is 0. The van der Waals surface area contributed by atoms with Crippen LogP contribution in [0.15, 0.2) is 12.1 Å². The monoisotopic (exact) mass is 298 g/mol. The summed E-state index contributed by atoms with van der Waals surface area (Å²) in [5.74, 6) is 5.46. The van der Waals surface area contributed by atoms with E-state index in [0.29, 0.717) is 17.9 Å². The van der Waals surface area contributed by atoms with E-state index in [1.807, 2.05) is 0 Å². The highest BCUT2D eigenvalue weighted by Crippen LogP contribution is 2.28. The molecule has 1 aliphatic rings. The molecule has 1 aliphatic heterocycles. The maximum absolute atomic E-state index is 12.2. The standard InChI is InChI=1S/C13H19ClN4O2/c1-13(2-4-20-5-3-13)8-16-12(19)9-6-10(14)17-11(7-9)18-15/h6-7H,2-5,8,15H2,1H3,(H,16,19)(H,17,18). The predicted molar refractivity (Wildman–Crippen MR) is 77.6 cm³/mol. The Morgan fingerprint density at radius 3 is 2.85 bits per heavy atom. The van der Waals surface area contributed by atoms with Crippen LogP contribution in [0.4, 0.5) is 5.82 Å². The Morgan fingerprint density at radius 2 is 2.20 bits per heavy atom. The van der Waals surface area contributed by atoms with E-state index in [4.69, 9.17) is 22.2 Å². The summed E-state index contributed by atoms with van der Waals surface area (Å²) in [6.45, 7) is 4.26. The number of halogens is 1. The summed E-state index contributed by atoms with van der Waals surface area (Å²) in [6.07, 6.45) is 1.89. The Balaban J connectivity index is 1.99. The smallest absolute Gasteiger partial charge is 0.251 e. The lowest BCUT2D eigenvalue weighted by Crippen LogP contribution is -2.39. The Hall–Kier alpha value is -1.37.